The number of pyridine rings is 1. The van der Waals surface area contributed by atoms with Gasteiger partial charge < -0.3 is 10.4 Å². The highest BCUT2D eigenvalue weighted by Gasteiger charge is 2.12. The van der Waals surface area contributed by atoms with Crippen LogP contribution in [0.15, 0.2) is 30.5 Å². The van der Waals surface area contributed by atoms with Crippen molar-refractivity contribution in [3.8, 4) is 0 Å². The van der Waals surface area contributed by atoms with Crippen LogP contribution in [-0.4, -0.2) is 28.5 Å². The Labute approximate surface area is 103 Å². The number of carboxylic acid groups (broad SMARTS) is 1. The Hall–Kier alpha value is -2.43. The second kappa shape index (κ2) is 4.83. The van der Waals surface area contributed by atoms with E-state index in [9.17, 15) is 9.59 Å². The predicted octanol–water partition coefficient (Wildman–Crippen LogP) is 1.36. The number of carboxylic acids is 1. The highest BCUT2D eigenvalue weighted by molar-refractivity contribution is 6.00. The summed E-state index contributed by atoms with van der Waals surface area (Å²) in [6.07, 6.45) is 1.47. The lowest BCUT2D eigenvalue weighted by Crippen LogP contribution is -2.29. The summed E-state index contributed by atoms with van der Waals surface area (Å²) >= 11 is 0. The Morgan fingerprint density at radius 2 is 2.06 bits per heavy atom. The molecule has 0 spiro atoms. The fraction of sp³-hybridized carbons (Fsp3) is 0.154. The van der Waals surface area contributed by atoms with Crippen LogP contribution in [0.25, 0.3) is 10.9 Å². The standard InChI is InChI=1S/C13H12N2O3/c1-8-9-4-2-3-5-11(9)14-6-10(8)13(18)15-7-12(16)17/h2-6H,7H2,1H3,(H,15,18)(H,16,17). The molecule has 18 heavy (non-hydrogen) atoms. The maximum atomic E-state index is 11.8. The van der Waals surface area contributed by atoms with E-state index in [0.717, 1.165) is 16.5 Å². The third-order valence-corrected chi connectivity index (χ3v) is 2.69. The molecule has 2 rings (SSSR count). The largest absolute Gasteiger partial charge is 0.480 e. The van der Waals surface area contributed by atoms with Gasteiger partial charge in [0.2, 0.25) is 0 Å². The molecule has 1 aromatic heterocycles. The quantitative estimate of drug-likeness (QED) is 0.854. The van der Waals surface area contributed by atoms with Crippen molar-refractivity contribution in [2.75, 3.05) is 6.54 Å². The van der Waals surface area contributed by atoms with E-state index < -0.39 is 18.4 Å². The lowest BCUT2D eigenvalue weighted by molar-refractivity contribution is -0.135. The van der Waals surface area contributed by atoms with Gasteiger partial charge in [-0.1, -0.05) is 18.2 Å². The SMILES string of the molecule is Cc1c(C(=O)NCC(=O)O)cnc2ccccc12. The highest BCUT2D eigenvalue weighted by Crippen LogP contribution is 2.19. The van der Waals surface area contributed by atoms with Crippen molar-refractivity contribution in [2.45, 2.75) is 6.92 Å². The van der Waals surface area contributed by atoms with Crippen molar-refractivity contribution in [1.29, 1.82) is 0 Å². The van der Waals surface area contributed by atoms with Gasteiger partial charge >= 0.3 is 5.97 Å². The number of hydrogen-bond donors (Lipinski definition) is 2. The summed E-state index contributed by atoms with van der Waals surface area (Å²) in [7, 11) is 0. The number of carbonyl (C=O) groups excluding carboxylic acids is 1. The summed E-state index contributed by atoms with van der Waals surface area (Å²) in [6.45, 7) is 1.42. The van der Waals surface area contributed by atoms with Gasteiger partial charge in [0.25, 0.3) is 5.91 Å². The molecular weight excluding hydrogens is 232 g/mol. The molecule has 92 valence electrons. The molecule has 5 heteroatoms. The molecule has 0 saturated carbocycles. The molecule has 1 amide bonds. The molecule has 1 heterocycles. The van der Waals surface area contributed by atoms with Crippen molar-refractivity contribution in [3.05, 3.63) is 41.6 Å². The number of fused-ring (bicyclic) bond motifs is 1. The molecule has 0 aliphatic carbocycles. The van der Waals surface area contributed by atoms with Gasteiger partial charge in [0.05, 0.1) is 11.1 Å². The van der Waals surface area contributed by atoms with E-state index in [4.69, 9.17) is 5.11 Å². The predicted molar refractivity (Wildman–Crippen MR) is 66.4 cm³/mol. The lowest BCUT2D eigenvalue weighted by atomic mass is 10.0. The number of aryl methyl sites for hydroxylation is 1. The minimum absolute atomic E-state index is 0.398. The number of para-hydroxylation sites is 1. The van der Waals surface area contributed by atoms with Crippen LogP contribution in [0.4, 0.5) is 0 Å². The molecule has 0 radical (unpaired) electrons. The first-order valence-corrected chi connectivity index (χ1v) is 5.44. The van der Waals surface area contributed by atoms with Gasteiger partial charge in [-0.2, -0.15) is 0 Å². The van der Waals surface area contributed by atoms with Crippen molar-refractivity contribution in [2.24, 2.45) is 0 Å². The molecule has 1 aromatic carbocycles. The molecule has 2 N–H and O–H groups in total. The number of carbonyl (C=O) groups is 2. The third-order valence-electron chi connectivity index (χ3n) is 2.69. The minimum atomic E-state index is -1.07. The van der Waals surface area contributed by atoms with E-state index >= 15 is 0 Å². The van der Waals surface area contributed by atoms with Crippen LogP contribution in [0.3, 0.4) is 0 Å². The van der Waals surface area contributed by atoms with Crippen LogP contribution < -0.4 is 5.32 Å². The van der Waals surface area contributed by atoms with E-state index in [2.05, 4.69) is 10.3 Å². The van der Waals surface area contributed by atoms with Crippen molar-refractivity contribution < 1.29 is 14.7 Å². The fourth-order valence-corrected chi connectivity index (χ4v) is 1.76. The van der Waals surface area contributed by atoms with E-state index in [1.54, 1.807) is 0 Å². The topological polar surface area (TPSA) is 79.3 Å². The monoisotopic (exact) mass is 244 g/mol. The van der Waals surface area contributed by atoms with Gasteiger partial charge in [-0.25, -0.2) is 0 Å². The second-order valence-corrected chi connectivity index (χ2v) is 3.89. The molecule has 0 saturated heterocycles. The summed E-state index contributed by atoms with van der Waals surface area (Å²) in [6, 6.07) is 7.49. The van der Waals surface area contributed by atoms with Crippen LogP contribution in [0.1, 0.15) is 15.9 Å². The Balaban J connectivity index is 2.37. The zero-order valence-corrected chi connectivity index (χ0v) is 9.80. The van der Waals surface area contributed by atoms with Crippen LogP contribution in [-0.2, 0) is 4.79 Å². The maximum absolute atomic E-state index is 11.8. The molecule has 5 nitrogen and oxygen atoms in total. The maximum Gasteiger partial charge on any atom is 0.322 e. The van der Waals surface area contributed by atoms with Crippen LogP contribution in [0.2, 0.25) is 0 Å². The zero-order valence-electron chi connectivity index (χ0n) is 9.80. The number of benzene rings is 1. The first-order chi connectivity index (χ1) is 8.59. The summed E-state index contributed by atoms with van der Waals surface area (Å²) in [4.78, 5) is 26.4. The summed E-state index contributed by atoms with van der Waals surface area (Å²) < 4.78 is 0. The number of nitrogens with zero attached hydrogens (tertiary/aromatic N) is 1. The fourth-order valence-electron chi connectivity index (χ4n) is 1.76. The van der Waals surface area contributed by atoms with E-state index in [0.29, 0.717) is 5.56 Å². The summed E-state index contributed by atoms with van der Waals surface area (Å²) in [5.41, 5.74) is 2.00. The van der Waals surface area contributed by atoms with Crippen molar-refractivity contribution in [3.63, 3.8) is 0 Å². The molecule has 0 aliphatic heterocycles. The Morgan fingerprint density at radius 1 is 1.33 bits per heavy atom. The summed E-state index contributed by atoms with van der Waals surface area (Å²) in [5.74, 6) is -1.50. The first kappa shape index (κ1) is 12.0. The summed E-state index contributed by atoms with van der Waals surface area (Å²) in [5, 5.41) is 11.7. The second-order valence-electron chi connectivity index (χ2n) is 3.89. The minimum Gasteiger partial charge on any atom is -0.480 e. The molecule has 0 fully saturated rings. The Morgan fingerprint density at radius 3 is 2.78 bits per heavy atom. The van der Waals surface area contributed by atoms with Gasteiger partial charge in [0.15, 0.2) is 0 Å². The van der Waals surface area contributed by atoms with E-state index in [-0.39, 0.29) is 0 Å². The number of amides is 1. The number of rotatable bonds is 3. The average molecular weight is 244 g/mol. The van der Waals surface area contributed by atoms with Gasteiger partial charge in [-0.15, -0.1) is 0 Å². The smallest absolute Gasteiger partial charge is 0.322 e. The first-order valence-electron chi connectivity index (χ1n) is 5.44. The van der Waals surface area contributed by atoms with Crippen molar-refractivity contribution >= 4 is 22.8 Å². The third kappa shape index (κ3) is 2.29. The molecule has 0 aliphatic rings. The number of nitrogens with one attached hydrogen (secondary N) is 1. The Bertz CT molecular complexity index is 623. The number of aromatic nitrogens is 1. The average Bonchev–Trinajstić information content (AvgIpc) is 2.37. The number of aliphatic carboxylic acids is 1. The zero-order chi connectivity index (χ0) is 13.1. The van der Waals surface area contributed by atoms with E-state index in [1.165, 1.54) is 6.20 Å². The number of hydrogen-bond acceptors (Lipinski definition) is 3. The van der Waals surface area contributed by atoms with Gasteiger partial charge in [0.1, 0.15) is 6.54 Å². The molecule has 2 aromatic rings. The molecule has 0 unspecified atom stereocenters. The molecular formula is C13H12N2O3. The van der Waals surface area contributed by atoms with Gasteiger partial charge in [-0.3, -0.25) is 14.6 Å². The van der Waals surface area contributed by atoms with Crippen LogP contribution in [0, 0.1) is 6.92 Å². The van der Waals surface area contributed by atoms with Crippen LogP contribution >= 0.6 is 0 Å². The van der Waals surface area contributed by atoms with Gasteiger partial charge in [-0.05, 0) is 18.6 Å². The lowest BCUT2D eigenvalue weighted by Gasteiger charge is -2.08. The molecule has 0 bridgehead atoms. The normalized spacial score (nSPS) is 10.3. The van der Waals surface area contributed by atoms with Crippen molar-refractivity contribution in [1.82, 2.24) is 10.3 Å². The van der Waals surface area contributed by atoms with Gasteiger partial charge in [0, 0.05) is 11.6 Å². The highest BCUT2D eigenvalue weighted by atomic mass is 16.4. The van der Waals surface area contributed by atoms with E-state index in [1.807, 2.05) is 31.2 Å². The molecule has 0 atom stereocenters. The Kier molecular flexibility index (Phi) is 3.23. The van der Waals surface area contributed by atoms with Crippen LogP contribution in [0.5, 0.6) is 0 Å².